The van der Waals surface area contributed by atoms with Gasteiger partial charge in [0.15, 0.2) is 9.84 Å². The van der Waals surface area contributed by atoms with E-state index in [0.717, 1.165) is 30.0 Å². The predicted molar refractivity (Wildman–Crippen MR) is 57.4 cm³/mol. The normalized spacial score (nSPS) is 15.8. The Labute approximate surface area is 97.2 Å². The van der Waals surface area contributed by atoms with Gasteiger partial charge in [0, 0.05) is 6.26 Å². The molecule has 8 nitrogen and oxygen atoms in total. The quantitative estimate of drug-likeness (QED) is 0.559. The van der Waals surface area contributed by atoms with Crippen LogP contribution in [0.25, 0.3) is 0 Å². The van der Waals surface area contributed by atoms with E-state index in [-0.39, 0.29) is 17.7 Å². The Morgan fingerprint density at radius 2 is 2.29 bits per heavy atom. The van der Waals surface area contributed by atoms with Crippen LogP contribution in [-0.2, 0) is 15.7 Å². The lowest BCUT2D eigenvalue weighted by molar-refractivity contribution is -0.386. The summed E-state index contributed by atoms with van der Waals surface area (Å²) in [4.78, 5) is 10.1. The molecule has 94 valence electrons. The highest BCUT2D eigenvalue weighted by Crippen LogP contribution is 2.31. The van der Waals surface area contributed by atoms with Crippen molar-refractivity contribution in [2.24, 2.45) is 0 Å². The highest BCUT2D eigenvalue weighted by Gasteiger charge is 2.30. The zero-order chi connectivity index (χ0) is 12.6. The van der Waals surface area contributed by atoms with E-state index in [1.165, 1.54) is 0 Å². The molecule has 0 radical (unpaired) electrons. The van der Waals surface area contributed by atoms with Gasteiger partial charge in [-0.2, -0.15) is 0 Å². The molecule has 1 fully saturated rings. The molecule has 0 atom stereocenters. The second-order valence-corrected chi connectivity index (χ2v) is 6.10. The van der Waals surface area contributed by atoms with Crippen LogP contribution in [0.15, 0.2) is 6.20 Å². The van der Waals surface area contributed by atoms with E-state index < -0.39 is 20.6 Å². The third-order valence-electron chi connectivity index (χ3n) is 2.08. The molecule has 9 heteroatoms. The van der Waals surface area contributed by atoms with Crippen LogP contribution in [0.2, 0.25) is 0 Å². The molecule has 17 heavy (non-hydrogen) atoms. The number of nitro groups is 1. The zero-order valence-corrected chi connectivity index (χ0v) is 9.88. The fourth-order valence-corrected chi connectivity index (χ4v) is 1.87. The van der Waals surface area contributed by atoms with Gasteiger partial charge in [0.2, 0.25) is 0 Å². The molecule has 1 heterocycles. The van der Waals surface area contributed by atoms with Crippen LogP contribution in [0.3, 0.4) is 0 Å². The van der Waals surface area contributed by atoms with Gasteiger partial charge in [-0.15, -0.1) is 5.10 Å². The van der Waals surface area contributed by atoms with Crippen molar-refractivity contribution in [3.63, 3.8) is 0 Å². The molecule has 1 aliphatic carbocycles. The van der Waals surface area contributed by atoms with Crippen LogP contribution in [0.5, 0.6) is 5.88 Å². The summed E-state index contributed by atoms with van der Waals surface area (Å²) in [6.45, 7) is 0. The fraction of sp³-hybridized carbons (Fsp3) is 0.625. The molecule has 0 N–H and O–H groups in total. The second-order valence-electron chi connectivity index (χ2n) is 3.99. The summed E-state index contributed by atoms with van der Waals surface area (Å²) >= 11 is 0. The summed E-state index contributed by atoms with van der Waals surface area (Å²) in [5, 5.41) is 14.5. The molecule has 1 saturated carbocycles. The van der Waals surface area contributed by atoms with E-state index >= 15 is 0 Å². The monoisotopic (exact) mass is 261 g/mol. The smallest absolute Gasteiger partial charge is 0.350 e. The number of aromatic nitrogens is 2. The summed E-state index contributed by atoms with van der Waals surface area (Å²) in [6, 6.07) is 0. The van der Waals surface area contributed by atoms with E-state index in [1.54, 1.807) is 0 Å². The lowest BCUT2D eigenvalue weighted by atomic mass is 10.5. The Morgan fingerprint density at radius 3 is 2.76 bits per heavy atom. The van der Waals surface area contributed by atoms with Gasteiger partial charge >= 0.3 is 11.6 Å². The van der Waals surface area contributed by atoms with Gasteiger partial charge in [-0.3, -0.25) is 10.1 Å². The average Bonchev–Trinajstić information content (AvgIpc) is 2.85. The van der Waals surface area contributed by atoms with Crippen LogP contribution >= 0.6 is 0 Å². The third-order valence-corrected chi connectivity index (χ3v) is 2.81. The van der Waals surface area contributed by atoms with Crippen molar-refractivity contribution in [3.05, 3.63) is 16.3 Å². The molecule has 0 aliphatic heterocycles. The lowest BCUT2D eigenvalue weighted by Crippen LogP contribution is -2.09. The van der Waals surface area contributed by atoms with Gasteiger partial charge < -0.3 is 4.74 Å². The summed E-state index contributed by atoms with van der Waals surface area (Å²) in [6.07, 6.45) is 3.75. The number of sulfone groups is 1. The van der Waals surface area contributed by atoms with Crippen LogP contribution in [0.4, 0.5) is 5.69 Å². The van der Waals surface area contributed by atoms with Crippen LogP contribution in [0.1, 0.15) is 12.8 Å². The zero-order valence-electron chi connectivity index (χ0n) is 9.07. The molecule has 0 saturated heterocycles. The van der Waals surface area contributed by atoms with Crippen LogP contribution in [0, 0.1) is 10.1 Å². The van der Waals surface area contributed by atoms with Gasteiger partial charge in [-0.1, -0.05) is 0 Å². The molecular formula is C8H11N3O5S. The van der Waals surface area contributed by atoms with Crippen LogP contribution in [-0.4, -0.2) is 35.5 Å². The topological polar surface area (TPSA) is 104 Å². The van der Waals surface area contributed by atoms with Gasteiger partial charge in [-0.25, -0.2) is 13.1 Å². The first-order valence-corrected chi connectivity index (χ1v) is 6.97. The van der Waals surface area contributed by atoms with Gasteiger partial charge in [0.1, 0.15) is 18.2 Å². The van der Waals surface area contributed by atoms with E-state index in [2.05, 4.69) is 5.10 Å². The Balaban J connectivity index is 2.26. The van der Waals surface area contributed by atoms with Crippen molar-refractivity contribution in [1.29, 1.82) is 0 Å². The van der Waals surface area contributed by atoms with Gasteiger partial charge in [0.05, 0.1) is 4.92 Å². The molecule has 1 aliphatic rings. The highest BCUT2D eigenvalue weighted by atomic mass is 32.2. The molecule has 0 bridgehead atoms. The maximum Gasteiger partial charge on any atom is 0.350 e. The van der Waals surface area contributed by atoms with Crippen molar-refractivity contribution < 1.29 is 18.1 Å². The van der Waals surface area contributed by atoms with Crippen molar-refractivity contribution in [1.82, 2.24) is 9.78 Å². The molecule has 2 rings (SSSR count). The van der Waals surface area contributed by atoms with E-state index in [0.29, 0.717) is 0 Å². The number of ether oxygens (including phenoxy) is 1. The number of nitrogens with zero attached hydrogens (tertiary/aromatic N) is 3. The predicted octanol–water partition coefficient (Wildman–Crippen LogP) is 0.335. The number of rotatable bonds is 5. The first kappa shape index (κ1) is 11.8. The van der Waals surface area contributed by atoms with Crippen molar-refractivity contribution in [2.75, 3.05) is 6.26 Å². The second kappa shape index (κ2) is 3.99. The summed E-state index contributed by atoms with van der Waals surface area (Å²) in [5.41, 5.74) is -0.305. The van der Waals surface area contributed by atoms with Crippen molar-refractivity contribution in [3.8, 4) is 5.88 Å². The molecular weight excluding hydrogens is 250 g/mol. The van der Waals surface area contributed by atoms with E-state index in [9.17, 15) is 18.5 Å². The lowest BCUT2D eigenvalue weighted by Gasteiger charge is -1.98. The van der Waals surface area contributed by atoms with Gasteiger partial charge in [-0.05, 0) is 12.8 Å². The Bertz CT molecular complexity index is 546. The van der Waals surface area contributed by atoms with Crippen molar-refractivity contribution >= 4 is 15.5 Å². The molecule has 0 spiro atoms. The summed E-state index contributed by atoms with van der Waals surface area (Å²) in [5.74, 6) is -0.511. The third kappa shape index (κ3) is 3.16. The largest absolute Gasteiger partial charge is 0.468 e. The molecule has 0 unspecified atom stereocenters. The Kier molecular flexibility index (Phi) is 2.77. The Morgan fingerprint density at radius 1 is 1.65 bits per heavy atom. The fourth-order valence-electron chi connectivity index (χ4n) is 1.25. The molecule has 0 aromatic carbocycles. The highest BCUT2D eigenvalue weighted by molar-refractivity contribution is 7.89. The van der Waals surface area contributed by atoms with E-state index in [4.69, 9.17) is 4.74 Å². The minimum absolute atomic E-state index is 0.0321. The van der Waals surface area contributed by atoms with E-state index in [1.807, 2.05) is 0 Å². The number of hydrogen-bond donors (Lipinski definition) is 0. The minimum atomic E-state index is -3.30. The first-order valence-electron chi connectivity index (χ1n) is 4.91. The molecule has 1 aromatic rings. The van der Waals surface area contributed by atoms with Crippen LogP contribution < -0.4 is 4.74 Å². The van der Waals surface area contributed by atoms with Crippen molar-refractivity contribution in [2.45, 2.75) is 24.8 Å². The maximum absolute atomic E-state index is 11.1. The SMILES string of the molecule is CS(=O)(=O)Cn1cc([N+](=O)[O-])c(OC2CC2)n1. The Hall–Kier alpha value is -1.64. The van der Waals surface area contributed by atoms with Gasteiger partial charge in [0.25, 0.3) is 0 Å². The maximum atomic E-state index is 11.1. The molecule has 0 amide bonds. The minimum Gasteiger partial charge on any atom is -0.468 e. The molecule has 1 aromatic heterocycles. The number of hydrogen-bond acceptors (Lipinski definition) is 6. The summed E-state index contributed by atoms with van der Waals surface area (Å²) in [7, 11) is -3.30. The standard InChI is InChI=1S/C8H11N3O5S/c1-17(14,15)5-10-4-7(11(12)13)8(9-10)16-6-2-3-6/h4,6H,2-3,5H2,1H3. The summed E-state index contributed by atoms with van der Waals surface area (Å²) < 4.78 is 28.4. The average molecular weight is 261 g/mol. The first-order chi connectivity index (χ1) is 7.85.